The summed E-state index contributed by atoms with van der Waals surface area (Å²) < 4.78 is 6.81. The SMILES string of the molecule is N#Cc1ccccc1-c1c(-c2ccccc2)c(-c2ccccc2)c(-c2ccccc2C#N)c(-c2cccc3c2oc2ccccc23)c1-c1ccccc1. The van der Waals surface area contributed by atoms with Crippen molar-refractivity contribution in [3.8, 4) is 78.9 Å². The summed E-state index contributed by atoms with van der Waals surface area (Å²) in [5, 5.41) is 23.5. The summed E-state index contributed by atoms with van der Waals surface area (Å²) in [5.41, 5.74) is 13.8. The highest BCUT2D eigenvalue weighted by molar-refractivity contribution is 6.19. The number of rotatable bonds is 6. The van der Waals surface area contributed by atoms with Gasteiger partial charge in [0.2, 0.25) is 0 Å². The lowest BCUT2D eigenvalue weighted by molar-refractivity contribution is 0.670. The second-order valence-electron chi connectivity index (χ2n) is 12.9. The molecular weight excluding hydrogens is 645 g/mol. The van der Waals surface area contributed by atoms with Crippen molar-refractivity contribution >= 4 is 21.9 Å². The molecule has 3 heteroatoms. The van der Waals surface area contributed by atoms with Crippen molar-refractivity contribution in [2.75, 3.05) is 0 Å². The van der Waals surface area contributed by atoms with Gasteiger partial charge in [0, 0.05) is 38.6 Å². The lowest BCUT2D eigenvalue weighted by Gasteiger charge is -2.29. The molecule has 1 heterocycles. The Morgan fingerprint density at radius 1 is 0.321 bits per heavy atom. The third kappa shape index (κ3) is 5.28. The number of furan rings is 1. The average Bonchev–Trinajstić information content (AvgIpc) is 3.63. The van der Waals surface area contributed by atoms with E-state index in [2.05, 4.69) is 121 Å². The van der Waals surface area contributed by atoms with Crippen molar-refractivity contribution in [1.82, 2.24) is 0 Å². The van der Waals surface area contributed by atoms with Crippen LogP contribution in [0.2, 0.25) is 0 Å². The van der Waals surface area contributed by atoms with E-state index in [0.717, 1.165) is 88.7 Å². The average molecular weight is 675 g/mol. The molecule has 0 atom stereocenters. The first-order valence-electron chi connectivity index (χ1n) is 17.6. The van der Waals surface area contributed by atoms with E-state index in [1.807, 2.05) is 72.8 Å². The van der Waals surface area contributed by atoms with Crippen molar-refractivity contribution in [3.05, 3.63) is 193 Å². The van der Waals surface area contributed by atoms with E-state index >= 15 is 0 Å². The Kier molecular flexibility index (Phi) is 7.94. The zero-order chi connectivity index (χ0) is 35.7. The fourth-order valence-electron chi connectivity index (χ4n) is 7.78. The van der Waals surface area contributed by atoms with E-state index < -0.39 is 0 Å². The predicted octanol–water partition coefficient (Wildman–Crippen LogP) is 13.3. The van der Waals surface area contributed by atoms with Crippen LogP contribution in [-0.2, 0) is 0 Å². The second-order valence-corrected chi connectivity index (χ2v) is 12.9. The minimum atomic E-state index is 0.561. The topological polar surface area (TPSA) is 60.7 Å². The number of fused-ring (bicyclic) bond motifs is 3. The van der Waals surface area contributed by atoms with E-state index in [9.17, 15) is 10.5 Å². The largest absolute Gasteiger partial charge is 0.455 e. The summed E-state index contributed by atoms with van der Waals surface area (Å²) in [6.07, 6.45) is 0. The summed E-state index contributed by atoms with van der Waals surface area (Å²) in [6, 6.07) is 66.4. The molecule has 246 valence electrons. The van der Waals surface area contributed by atoms with Gasteiger partial charge in [-0.3, -0.25) is 0 Å². The number of hydrogen-bond acceptors (Lipinski definition) is 3. The van der Waals surface area contributed by atoms with Gasteiger partial charge in [-0.15, -0.1) is 0 Å². The van der Waals surface area contributed by atoms with Gasteiger partial charge in [-0.25, -0.2) is 0 Å². The molecule has 0 N–H and O–H groups in total. The van der Waals surface area contributed by atoms with Gasteiger partial charge in [-0.2, -0.15) is 10.5 Å². The van der Waals surface area contributed by atoms with Gasteiger partial charge < -0.3 is 4.42 Å². The molecule has 1 aromatic heterocycles. The van der Waals surface area contributed by atoms with E-state index in [0.29, 0.717) is 11.1 Å². The first-order valence-corrected chi connectivity index (χ1v) is 17.6. The van der Waals surface area contributed by atoms with Crippen LogP contribution < -0.4 is 0 Å². The Morgan fingerprint density at radius 3 is 1.23 bits per heavy atom. The second kappa shape index (κ2) is 13.3. The quantitative estimate of drug-likeness (QED) is 0.176. The summed E-state index contributed by atoms with van der Waals surface area (Å²) in [6.45, 7) is 0. The normalized spacial score (nSPS) is 11.0. The van der Waals surface area contributed by atoms with Gasteiger partial charge in [-0.1, -0.05) is 164 Å². The Morgan fingerprint density at radius 2 is 0.698 bits per heavy atom. The molecule has 9 rings (SSSR count). The van der Waals surface area contributed by atoms with Crippen LogP contribution in [0.3, 0.4) is 0 Å². The fraction of sp³-hybridized carbons (Fsp3) is 0. The van der Waals surface area contributed by atoms with Gasteiger partial charge >= 0.3 is 0 Å². The molecule has 0 saturated carbocycles. The lowest BCUT2D eigenvalue weighted by Crippen LogP contribution is -2.03. The van der Waals surface area contributed by atoms with Gasteiger partial charge in [0.25, 0.3) is 0 Å². The molecule has 9 aromatic rings. The molecule has 8 aromatic carbocycles. The predicted molar refractivity (Wildman–Crippen MR) is 216 cm³/mol. The highest BCUT2D eigenvalue weighted by Gasteiger charge is 2.32. The zero-order valence-electron chi connectivity index (χ0n) is 28.6. The van der Waals surface area contributed by atoms with Crippen molar-refractivity contribution in [1.29, 1.82) is 10.5 Å². The van der Waals surface area contributed by atoms with E-state index in [-0.39, 0.29) is 0 Å². The molecule has 0 saturated heterocycles. The highest BCUT2D eigenvalue weighted by atomic mass is 16.3. The summed E-state index contributed by atoms with van der Waals surface area (Å²) in [4.78, 5) is 0. The fourth-order valence-corrected chi connectivity index (χ4v) is 7.78. The van der Waals surface area contributed by atoms with Gasteiger partial charge in [0.05, 0.1) is 23.3 Å². The first kappa shape index (κ1) is 31.5. The van der Waals surface area contributed by atoms with Gasteiger partial charge in [0.1, 0.15) is 11.2 Å². The standard InChI is InChI=1S/C50H30N2O/c51-31-36-23-10-12-25-38(36)47-44(33-17-4-1-5-18-33)45(34-19-6-2-7-20-34)48(39-26-13-11-24-37(39)32-52)49(46(47)35-21-8-3-9-22-35)42-29-16-28-41-40-27-14-15-30-43(40)53-50(41)42/h1-30H. The maximum Gasteiger partial charge on any atom is 0.143 e. The zero-order valence-corrected chi connectivity index (χ0v) is 28.6. The Hall–Kier alpha value is -7.46. The van der Waals surface area contributed by atoms with Crippen LogP contribution in [0.4, 0.5) is 0 Å². The molecule has 0 unspecified atom stereocenters. The monoisotopic (exact) mass is 674 g/mol. The first-order chi connectivity index (χ1) is 26.3. The molecule has 0 aliphatic carbocycles. The molecule has 0 bridgehead atoms. The van der Waals surface area contributed by atoms with Crippen LogP contribution in [0.1, 0.15) is 11.1 Å². The molecule has 0 aliphatic rings. The minimum Gasteiger partial charge on any atom is -0.455 e. The minimum absolute atomic E-state index is 0.561. The smallest absolute Gasteiger partial charge is 0.143 e. The summed E-state index contributed by atoms with van der Waals surface area (Å²) in [5.74, 6) is 0. The highest BCUT2D eigenvalue weighted by Crippen LogP contribution is 2.57. The molecular formula is C50H30N2O. The van der Waals surface area contributed by atoms with Gasteiger partial charge in [0.15, 0.2) is 0 Å². The molecule has 0 fully saturated rings. The van der Waals surface area contributed by atoms with E-state index in [4.69, 9.17) is 4.42 Å². The molecule has 53 heavy (non-hydrogen) atoms. The van der Waals surface area contributed by atoms with E-state index in [1.54, 1.807) is 0 Å². The number of nitrogens with zero attached hydrogens (tertiary/aromatic N) is 2. The van der Waals surface area contributed by atoms with Crippen molar-refractivity contribution in [2.45, 2.75) is 0 Å². The molecule has 0 spiro atoms. The van der Waals surface area contributed by atoms with Crippen LogP contribution in [0.5, 0.6) is 0 Å². The Bertz CT molecular complexity index is 2890. The van der Waals surface area contributed by atoms with Crippen LogP contribution in [0.25, 0.3) is 88.7 Å². The van der Waals surface area contributed by atoms with Gasteiger partial charge in [-0.05, 0) is 57.1 Å². The third-order valence-electron chi connectivity index (χ3n) is 9.99. The molecule has 0 aliphatic heterocycles. The third-order valence-corrected chi connectivity index (χ3v) is 9.99. The van der Waals surface area contributed by atoms with Crippen LogP contribution in [0, 0.1) is 22.7 Å². The van der Waals surface area contributed by atoms with Crippen LogP contribution in [0.15, 0.2) is 186 Å². The molecule has 0 amide bonds. The number of hydrogen-bond donors (Lipinski definition) is 0. The summed E-state index contributed by atoms with van der Waals surface area (Å²) in [7, 11) is 0. The maximum atomic E-state index is 10.7. The Balaban J connectivity index is 1.65. The molecule has 0 radical (unpaired) electrons. The summed E-state index contributed by atoms with van der Waals surface area (Å²) >= 11 is 0. The lowest BCUT2D eigenvalue weighted by atomic mass is 9.73. The van der Waals surface area contributed by atoms with E-state index in [1.165, 1.54) is 0 Å². The van der Waals surface area contributed by atoms with Crippen LogP contribution in [-0.4, -0.2) is 0 Å². The van der Waals surface area contributed by atoms with Crippen LogP contribution >= 0.6 is 0 Å². The van der Waals surface area contributed by atoms with Crippen molar-refractivity contribution < 1.29 is 4.42 Å². The van der Waals surface area contributed by atoms with Crippen molar-refractivity contribution in [3.63, 3.8) is 0 Å². The Labute approximate surface area is 307 Å². The number of benzene rings is 8. The number of nitriles is 2. The maximum absolute atomic E-state index is 10.7. The number of para-hydroxylation sites is 2. The van der Waals surface area contributed by atoms with Crippen molar-refractivity contribution in [2.24, 2.45) is 0 Å². The molecule has 3 nitrogen and oxygen atoms in total.